The lowest BCUT2D eigenvalue weighted by atomic mass is 10.2. The minimum absolute atomic E-state index is 0.0533. The van der Waals surface area contributed by atoms with Crippen LogP contribution >= 0.6 is 0 Å². The molecule has 0 atom stereocenters. The minimum atomic E-state index is -0.534. The van der Waals surface area contributed by atoms with Crippen LogP contribution in [0.3, 0.4) is 0 Å². The molecule has 132 valence electrons. The highest BCUT2D eigenvalue weighted by atomic mass is 16.5. The van der Waals surface area contributed by atoms with Crippen LogP contribution in [0.5, 0.6) is 11.6 Å². The topological polar surface area (TPSA) is 76.2 Å². The number of aromatic nitrogens is 1. The molecule has 1 aromatic heterocycles. The Morgan fingerprint density at radius 3 is 2.73 bits per heavy atom. The summed E-state index contributed by atoms with van der Waals surface area (Å²) in [6.45, 7) is 5.79. The van der Waals surface area contributed by atoms with Gasteiger partial charge in [-0.2, -0.15) is 0 Å². The van der Waals surface area contributed by atoms with Crippen LogP contribution in [0, 0.1) is 6.92 Å². The average Bonchev–Trinajstić information content (AvgIpc) is 2.91. The first kappa shape index (κ1) is 17.4. The number of ether oxygens (including phenoxy) is 1. The van der Waals surface area contributed by atoms with Gasteiger partial charge in [-0.1, -0.05) is 42.5 Å². The van der Waals surface area contributed by atoms with E-state index in [4.69, 9.17) is 4.74 Å². The first-order valence-electron chi connectivity index (χ1n) is 8.16. The lowest BCUT2D eigenvalue weighted by Gasteiger charge is -2.05. The van der Waals surface area contributed by atoms with Gasteiger partial charge in [0.05, 0.1) is 5.52 Å². The molecule has 1 heterocycles. The van der Waals surface area contributed by atoms with Gasteiger partial charge in [-0.3, -0.25) is 4.79 Å². The molecule has 0 aliphatic heterocycles. The molecule has 0 spiro atoms. The molecule has 0 saturated carbocycles. The highest BCUT2D eigenvalue weighted by Crippen LogP contribution is 2.38. The maximum atomic E-state index is 12.0. The SMILES string of the molecule is C=CCn1c(O)c(N=NC(=O)COc2ccccc2C)c2ccccc21. The summed E-state index contributed by atoms with van der Waals surface area (Å²) in [7, 11) is 0. The second-order valence-corrected chi connectivity index (χ2v) is 5.74. The minimum Gasteiger partial charge on any atom is -0.493 e. The second kappa shape index (κ2) is 7.65. The molecule has 0 fully saturated rings. The van der Waals surface area contributed by atoms with E-state index in [0.29, 0.717) is 17.7 Å². The Hall–Kier alpha value is -3.41. The predicted octanol–water partition coefficient (Wildman–Crippen LogP) is 4.53. The predicted molar refractivity (Wildman–Crippen MR) is 100.0 cm³/mol. The molecule has 0 saturated heterocycles. The number of nitrogens with zero attached hydrogens (tertiary/aromatic N) is 3. The fourth-order valence-corrected chi connectivity index (χ4v) is 2.68. The Labute approximate surface area is 151 Å². The highest BCUT2D eigenvalue weighted by Gasteiger charge is 2.15. The number of fused-ring (bicyclic) bond motifs is 1. The third-order valence-electron chi connectivity index (χ3n) is 3.94. The monoisotopic (exact) mass is 349 g/mol. The number of amides is 1. The first-order valence-corrected chi connectivity index (χ1v) is 8.16. The van der Waals surface area contributed by atoms with Crippen molar-refractivity contribution in [2.24, 2.45) is 10.2 Å². The Morgan fingerprint density at radius 1 is 1.23 bits per heavy atom. The van der Waals surface area contributed by atoms with Crippen LogP contribution in [-0.2, 0) is 11.3 Å². The van der Waals surface area contributed by atoms with Crippen molar-refractivity contribution < 1.29 is 14.6 Å². The number of carbonyl (C=O) groups excluding carboxylic acids is 1. The molecule has 6 heteroatoms. The van der Waals surface area contributed by atoms with Crippen molar-refractivity contribution in [1.82, 2.24) is 4.57 Å². The maximum absolute atomic E-state index is 12.0. The average molecular weight is 349 g/mol. The van der Waals surface area contributed by atoms with E-state index in [1.165, 1.54) is 0 Å². The van der Waals surface area contributed by atoms with E-state index in [0.717, 1.165) is 11.1 Å². The van der Waals surface area contributed by atoms with Crippen LogP contribution < -0.4 is 4.74 Å². The maximum Gasteiger partial charge on any atom is 0.302 e. The zero-order valence-electron chi connectivity index (χ0n) is 14.4. The Morgan fingerprint density at radius 2 is 1.96 bits per heavy atom. The van der Waals surface area contributed by atoms with Crippen LogP contribution in [0.1, 0.15) is 5.56 Å². The van der Waals surface area contributed by atoms with E-state index in [9.17, 15) is 9.90 Å². The number of aryl methyl sites for hydroxylation is 1. The Balaban J connectivity index is 1.80. The molecule has 0 aliphatic carbocycles. The number of aromatic hydroxyl groups is 1. The van der Waals surface area contributed by atoms with Gasteiger partial charge in [0, 0.05) is 11.9 Å². The quantitative estimate of drug-likeness (QED) is 0.525. The van der Waals surface area contributed by atoms with Gasteiger partial charge in [0.15, 0.2) is 12.3 Å². The van der Waals surface area contributed by atoms with Crippen LogP contribution in [0.15, 0.2) is 71.4 Å². The molecular weight excluding hydrogens is 330 g/mol. The van der Waals surface area contributed by atoms with Crippen molar-refractivity contribution in [2.45, 2.75) is 13.5 Å². The van der Waals surface area contributed by atoms with E-state index in [2.05, 4.69) is 16.8 Å². The largest absolute Gasteiger partial charge is 0.493 e. The van der Waals surface area contributed by atoms with Crippen molar-refractivity contribution in [3.05, 3.63) is 66.7 Å². The van der Waals surface area contributed by atoms with Gasteiger partial charge in [0.1, 0.15) is 5.75 Å². The summed E-state index contributed by atoms with van der Waals surface area (Å²) in [6.07, 6.45) is 1.67. The molecule has 1 N–H and O–H groups in total. The standard InChI is InChI=1S/C20H19N3O3/c1-3-12-23-16-10-6-5-9-15(16)19(20(23)25)22-21-18(24)13-26-17-11-7-4-8-14(17)2/h3-11,25H,1,12-13H2,2H3. The zero-order valence-corrected chi connectivity index (χ0v) is 14.4. The molecule has 0 unspecified atom stereocenters. The lowest BCUT2D eigenvalue weighted by molar-refractivity contribution is -0.120. The Kier molecular flexibility index (Phi) is 5.12. The highest BCUT2D eigenvalue weighted by molar-refractivity contribution is 5.95. The summed E-state index contributed by atoms with van der Waals surface area (Å²) >= 11 is 0. The van der Waals surface area contributed by atoms with E-state index < -0.39 is 5.91 Å². The number of para-hydroxylation sites is 2. The fourth-order valence-electron chi connectivity index (χ4n) is 2.68. The summed E-state index contributed by atoms with van der Waals surface area (Å²) in [6, 6.07) is 14.8. The Bertz CT molecular complexity index is 989. The molecule has 0 bridgehead atoms. The van der Waals surface area contributed by atoms with E-state index in [1.807, 2.05) is 49.4 Å². The molecule has 6 nitrogen and oxygen atoms in total. The molecule has 2 aromatic carbocycles. The van der Waals surface area contributed by atoms with Gasteiger partial charge in [-0.05, 0) is 24.6 Å². The van der Waals surface area contributed by atoms with E-state index in [1.54, 1.807) is 16.7 Å². The van der Waals surface area contributed by atoms with Crippen LogP contribution in [0.25, 0.3) is 10.9 Å². The van der Waals surface area contributed by atoms with Crippen molar-refractivity contribution >= 4 is 22.5 Å². The van der Waals surface area contributed by atoms with E-state index >= 15 is 0 Å². The third kappa shape index (κ3) is 3.49. The second-order valence-electron chi connectivity index (χ2n) is 5.74. The van der Waals surface area contributed by atoms with Crippen molar-refractivity contribution in [3.8, 4) is 11.6 Å². The normalized spacial score (nSPS) is 11.1. The molecule has 26 heavy (non-hydrogen) atoms. The first-order chi connectivity index (χ1) is 12.6. The lowest BCUT2D eigenvalue weighted by Crippen LogP contribution is -2.08. The fraction of sp³-hybridized carbons (Fsp3) is 0.150. The van der Waals surface area contributed by atoms with Crippen LogP contribution in [-0.4, -0.2) is 22.2 Å². The summed E-state index contributed by atoms with van der Waals surface area (Å²) in [5.41, 5.74) is 1.98. The summed E-state index contributed by atoms with van der Waals surface area (Å²) in [4.78, 5) is 12.0. The summed E-state index contributed by atoms with van der Waals surface area (Å²) in [5.74, 6) is 0.0390. The number of azo groups is 1. The molecule has 3 rings (SSSR count). The molecule has 0 radical (unpaired) electrons. The zero-order chi connectivity index (χ0) is 18.5. The molecular formula is C20H19N3O3. The smallest absolute Gasteiger partial charge is 0.302 e. The van der Waals surface area contributed by atoms with E-state index in [-0.39, 0.29) is 18.2 Å². The van der Waals surface area contributed by atoms with Gasteiger partial charge in [0.25, 0.3) is 0 Å². The van der Waals surface area contributed by atoms with Crippen LogP contribution in [0.4, 0.5) is 5.69 Å². The number of allylic oxidation sites excluding steroid dienone is 1. The number of benzene rings is 2. The van der Waals surface area contributed by atoms with Crippen molar-refractivity contribution in [2.75, 3.05) is 6.61 Å². The molecule has 3 aromatic rings. The van der Waals surface area contributed by atoms with Gasteiger partial charge in [-0.15, -0.1) is 16.8 Å². The molecule has 1 amide bonds. The third-order valence-corrected chi connectivity index (χ3v) is 3.94. The number of hydrogen-bond donors (Lipinski definition) is 1. The number of rotatable bonds is 6. The van der Waals surface area contributed by atoms with Gasteiger partial charge >= 0.3 is 5.91 Å². The van der Waals surface area contributed by atoms with Gasteiger partial charge in [0.2, 0.25) is 5.88 Å². The number of hydrogen-bond acceptors (Lipinski definition) is 4. The number of carbonyl (C=O) groups is 1. The summed E-state index contributed by atoms with van der Waals surface area (Å²) in [5, 5.41) is 18.8. The van der Waals surface area contributed by atoms with Crippen molar-refractivity contribution in [1.29, 1.82) is 0 Å². The van der Waals surface area contributed by atoms with Gasteiger partial charge < -0.3 is 14.4 Å². The van der Waals surface area contributed by atoms with Gasteiger partial charge in [-0.25, -0.2) is 0 Å². The molecule has 0 aliphatic rings. The summed E-state index contributed by atoms with van der Waals surface area (Å²) < 4.78 is 7.12. The van der Waals surface area contributed by atoms with Crippen LogP contribution in [0.2, 0.25) is 0 Å². The van der Waals surface area contributed by atoms with Crippen molar-refractivity contribution in [3.63, 3.8) is 0 Å².